The van der Waals surface area contributed by atoms with E-state index in [4.69, 9.17) is 10.5 Å². The molecule has 1 fully saturated rings. The van der Waals surface area contributed by atoms with Crippen LogP contribution < -0.4 is 16.4 Å². The average Bonchev–Trinajstić information content (AvgIpc) is 2.64. The third kappa shape index (κ3) is 6.45. The molecule has 1 aromatic carbocycles. The highest BCUT2D eigenvalue weighted by atomic mass is 16.5. The van der Waals surface area contributed by atoms with E-state index >= 15 is 0 Å². The smallest absolute Gasteiger partial charge is 0.407 e. The number of nitrogens with one attached hydrogen (secondary N) is 2. The molecular weight excluding hydrogens is 322 g/mol. The molecule has 25 heavy (non-hydrogen) atoms. The van der Waals surface area contributed by atoms with E-state index in [1.54, 1.807) is 0 Å². The molecule has 0 unspecified atom stereocenters. The van der Waals surface area contributed by atoms with Gasteiger partial charge >= 0.3 is 6.09 Å². The summed E-state index contributed by atoms with van der Waals surface area (Å²) >= 11 is 0. The Hall–Kier alpha value is -2.57. The number of primary amides is 1. The molecule has 7 heteroatoms. The van der Waals surface area contributed by atoms with Gasteiger partial charge in [0.1, 0.15) is 19.2 Å². The van der Waals surface area contributed by atoms with Crippen LogP contribution in [0.5, 0.6) is 0 Å². The number of rotatable bonds is 7. The molecule has 0 radical (unpaired) electrons. The number of carbonyl (C=O) groups excluding carboxylic acids is 3. The third-order valence-corrected chi connectivity index (χ3v) is 4.35. The van der Waals surface area contributed by atoms with Gasteiger partial charge in [-0.1, -0.05) is 49.6 Å². The third-order valence-electron chi connectivity index (χ3n) is 4.35. The zero-order chi connectivity index (χ0) is 18.1. The minimum Gasteiger partial charge on any atom is -0.445 e. The molecule has 3 amide bonds. The molecule has 0 aliphatic heterocycles. The highest BCUT2D eigenvalue weighted by Gasteiger charge is 2.29. The highest BCUT2D eigenvalue weighted by Crippen LogP contribution is 2.26. The number of hydrogen-bond donors (Lipinski definition) is 3. The monoisotopic (exact) mass is 347 g/mol. The van der Waals surface area contributed by atoms with E-state index in [2.05, 4.69) is 10.6 Å². The van der Waals surface area contributed by atoms with E-state index in [1.165, 1.54) is 0 Å². The molecule has 2 rings (SSSR count). The second-order valence-electron chi connectivity index (χ2n) is 6.26. The summed E-state index contributed by atoms with van der Waals surface area (Å²) in [5, 5.41) is 5.01. The van der Waals surface area contributed by atoms with Crippen LogP contribution in [0.25, 0.3) is 0 Å². The second kappa shape index (κ2) is 9.66. The molecule has 0 bridgehead atoms. The first-order valence-electron chi connectivity index (χ1n) is 8.59. The molecule has 1 aliphatic carbocycles. The van der Waals surface area contributed by atoms with Crippen molar-refractivity contribution in [2.45, 2.75) is 44.8 Å². The minimum absolute atomic E-state index is 0.0697. The Kier molecular flexibility index (Phi) is 7.25. The lowest BCUT2D eigenvalue weighted by molar-refractivity contribution is -0.128. The summed E-state index contributed by atoms with van der Waals surface area (Å²) in [7, 11) is 0. The maximum Gasteiger partial charge on any atom is 0.407 e. The summed E-state index contributed by atoms with van der Waals surface area (Å²) in [6.45, 7) is -0.135. The molecule has 1 saturated carbocycles. The first-order chi connectivity index (χ1) is 12.1. The Balaban J connectivity index is 1.72. The minimum atomic E-state index is -0.688. The van der Waals surface area contributed by atoms with Gasteiger partial charge in [-0.2, -0.15) is 0 Å². The molecule has 7 nitrogen and oxygen atoms in total. The van der Waals surface area contributed by atoms with Crippen LogP contribution >= 0.6 is 0 Å². The zero-order valence-corrected chi connectivity index (χ0v) is 14.2. The quantitative estimate of drug-likeness (QED) is 0.693. The normalized spacial score (nSPS) is 15.8. The standard InChI is InChI=1S/C18H25N3O4/c19-17(23)16(14-9-5-2-6-10-14)21-15(22)11-20-18(24)25-12-13-7-3-1-4-8-13/h1,3-4,7-8,14,16H,2,5-6,9-12H2,(H2,19,23)(H,20,24)(H,21,22)/t16-/m0/s1. The Labute approximate surface area is 147 Å². The Morgan fingerprint density at radius 1 is 1.12 bits per heavy atom. The number of alkyl carbamates (subject to hydrolysis) is 1. The van der Waals surface area contributed by atoms with E-state index in [-0.39, 0.29) is 19.1 Å². The molecule has 0 saturated heterocycles. The number of amides is 3. The van der Waals surface area contributed by atoms with Crippen LogP contribution in [0.1, 0.15) is 37.7 Å². The van der Waals surface area contributed by atoms with Crippen molar-refractivity contribution < 1.29 is 19.1 Å². The molecule has 1 aromatic rings. The molecule has 4 N–H and O–H groups in total. The van der Waals surface area contributed by atoms with Crippen molar-refractivity contribution in [3.63, 3.8) is 0 Å². The van der Waals surface area contributed by atoms with Gasteiger partial charge in [-0.05, 0) is 24.3 Å². The second-order valence-corrected chi connectivity index (χ2v) is 6.26. The molecule has 1 atom stereocenters. The van der Waals surface area contributed by atoms with Gasteiger partial charge in [0.2, 0.25) is 11.8 Å². The van der Waals surface area contributed by atoms with Crippen LogP contribution in [0, 0.1) is 5.92 Å². The molecule has 0 spiro atoms. The van der Waals surface area contributed by atoms with Crippen LogP contribution in [-0.2, 0) is 20.9 Å². The largest absolute Gasteiger partial charge is 0.445 e. The fourth-order valence-electron chi connectivity index (χ4n) is 3.04. The summed E-state index contributed by atoms with van der Waals surface area (Å²) in [5.74, 6) is -0.918. The Morgan fingerprint density at radius 2 is 1.80 bits per heavy atom. The van der Waals surface area contributed by atoms with E-state index in [1.807, 2.05) is 30.3 Å². The average molecular weight is 347 g/mol. The van der Waals surface area contributed by atoms with Crippen LogP contribution in [-0.4, -0.2) is 30.5 Å². The van der Waals surface area contributed by atoms with Gasteiger partial charge in [0.15, 0.2) is 0 Å². The van der Waals surface area contributed by atoms with Crippen LogP contribution in [0.3, 0.4) is 0 Å². The molecular formula is C18H25N3O4. The molecule has 136 valence electrons. The van der Waals surface area contributed by atoms with Crippen LogP contribution in [0.15, 0.2) is 30.3 Å². The summed E-state index contributed by atoms with van der Waals surface area (Å²) in [4.78, 5) is 35.3. The van der Waals surface area contributed by atoms with Gasteiger partial charge in [-0.15, -0.1) is 0 Å². The van der Waals surface area contributed by atoms with Crippen molar-refractivity contribution in [3.8, 4) is 0 Å². The first kappa shape index (κ1) is 18.8. The van der Waals surface area contributed by atoms with Crippen molar-refractivity contribution >= 4 is 17.9 Å². The predicted molar refractivity (Wildman–Crippen MR) is 92.3 cm³/mol. The van der Waals surface area contributed by atoms with Gasteiger partial charge < -0.3 is 21.1 Å². The Morgan fingerprint density at radius 3 is 2.44 bits per heavy atom. The van der Waals surface area contributed by atoms with E-state index < -0.39 is 23.9 Å². The van der Waals surface area contributed by atoms with Gasteiger partial charge in [0.25, 0.3) is 0 Å². The number of ether oxygens (including phenoxy) is 1. The van der Waals surface area contributed by atoms with Gasteiger partial charge in [0, 0.05) is 0 Å². The fourth-order valence-corrected chi connectivity index (χ4v) is 3.04. The maximum atomic E-state index is 12.0. The predicted octanol–water partition coefficient (Wildman–Crippen LogP) is 1.46. The van der Waals surface area contributed by atoms with Gasteiger partial charge in [0.05, 0.1) is 0 Å². The number of hydrogen-bond acceptors (Lipinski definition) is 4. The van der Waals surface area contributed by atoms with Crippen molar-refractivity contribution in [2.24, 2.45) is 11.7 Å². The lowest BCUT2D eigenvalue weighted by Gasteiger charge is -2.28. The summed E-state index contributed by atoms with van der Waals surface area (Å²) in [6.07, 6.45) is 4.28. The van der Waals surface area contributed by atoms with Crippen molar-refractivity contribution in [1.29, 1.82) is 0 Å². The fraction of sp³-hybridized carbons (Fsp3) is 0.500. The number of carbonyl (C=O) groups is 3. The lowest BCUT2D eigenvalue weighted by atomic mass is 9.83. The van der Waals surface area contributed by atoms with Crippen LogP contribution in [0.4, 0.5) is 4.79 Å². The van der Waals surface area contributed by atoms with Gasteiger partial charge in [-0.25, -0.2) is 4.79 Å². The van der Waals surface area contributed by atoms with E-state index in [0.29, 0.717) is 0 Å². The van der Waals surface area contributed by atoms with Crippen molar-refractivity contribution in [2.75, 3.05) is 6.54 Å². The summed E-state index contributed by atoms with van der Waals surface area (Å²) < 4.78 is 5.03. The molecule has 0 heterocycles. The van der Waals surface area contributed by atoms with Gasteiger partial charge in [-0.3, -0.25) is 9.59 Å². The number of nitrogens with two attached hydrogens (primary N) is 1. The van der Waals surface area contributed by atoms with Crippen LogP contribution in [0.2, 0.25) is 0 Å². The van der Waals surface area contributed by atoms with E-state index in [0.717, 1.165) is 37.7 Å². The maximum absolute atomic E-state index is 12.0. The van der Waals surface area contributed by atoms with E-state index in [9.17, 15) is 14.4 Å². The molecule has 0 aromatic heterocycles. The summed E-state index contributed by atoms with van der Waals surface area (Å²) in [6, 6.07) is 8.55. The lowest BCUT2D eigenvalue weighted by Crippen LogP contribution is -2.52. The topological polar surface area (TPSA) is 111 Å². The Bertz CT molecular complexity index is 585. The summed E-state index contributed by atoms with van der Waals surface area (Å²) in [5.41, 5.74) is 6.27. The molecule has 1 aliphatic rings. The first-order valence-corrected chi connectivity index (χ1v) is 8.59. The highest BCUT2D eigenvalue weighted by molar-refractivity contribution is 5.88. The van der Waals surface area contributed by atoms with Crippen molar-refractivity contribution in [1.82, 2.24) is 10.6 Å². The van der Waals surface area contributed by atoms with Crippen molar-refractivity contribution in [3.05, 3.63) is 35.9 Å². The SMILES string of the molecule is NC(=O)[C@@H](NC(=O)CNC(=O)OCc1ccccc1)C1CCCCC1. The number of benzene rings is 1. The zero-order valence-electron chi connectivity index (χ0n) is 14.2.